The van der Waals surface area contributed by atoms with E-state index >= 15 is 0 Å². The highest BCUT2D eigenvalue weighted by atomic mass is 32.1. The summed E-state index contributed by atoms with van der Waals surface area (Å²) >= 11 is 1.66. The van der Waals surface area contributed by atoms with Gasteiger partial charge in [-0.2, -0.15) is 0 Å². The molecule has 0 aliphatic rings. The molecular formula is C15H20N2OS. The van der Waals surface area contributed by atoms with Crippen LogP contribution in [0.3, 0.4) is 0 Å². The Hall–Kier alpha value is -1.23. The molecular weight excluding hydrogens is 256 g/mol. The lowest BCUT2D eigenvalue weighted by atomic mass is 10.1. The van der Waals surface area contributed by atoms with Gasteiger partial charge in [-0.1, -0.05) is 30.3 Å². The molecule has 2 atom stereocenters. The summed E-state index contributed by atoms with van der Waals surface area (Å²) < 4.78 is 5.87. The second kappa shape index (κ2) is 6.80. The van der Waals surface area contributed by atoms with E-state index in [4.69, 9.17) is 9.72 Å². The highest BCUT2D eigenvalue weighted by molar-refractivity contribution is 7.09. The maximum absolute atomic E-state index is 5.87. The van der Waals surface area contributed by atoms with Gasteiger partial charge >= 0.3 is 0 Å². The molecule has 1 N–H and O–H groups in total. The molecule has 2 rings (SSSR count). The van der Waals surface area contributed by atoms with E-state index in [0.29, 0.717) is 6.61 Å². The quantitative estimate of drug-likeness (QED) is 0.876. The van der Waals surface area contributed by atoms with Crippen molar-refractivity contribution < 1.29 is 4.74 Å². The van der Waals surface area contributed by atoms with Crippen LogP contribution in [-0.2, 0) is 4.74 Å². The van der Waals surface area contributed by atoms with Crippen molar-refractivity contribution in [1.29, 1.82) is 0 Å². The number of ether oxygens (including phenoxy) is 1. The SMILES string of the molecule is CCOC(c1ccccc1)c1nc(C(C)NC)cs1. The summed E-state index contributed by atoms with van der Waals surface area (Å²) in [6.07, 6.45) is -0.0611. The van der Waals surface area contributed by atoms with Crippen molar-refractivity contribution in [2.75, 3.05) is 13.7 Å². The topological polar surface area (TPSA) is 34.1 Å². The normalized spacial score (nSPS) is 14.3. The number of hydrogen-bond acceptors (Lipinski definition) is 4. The molecule has 4 heteroatoms. The highest BCUT2D eigenvalue weighted by Crippen LogP contribution is 2.29. The Balaban J connectivity index is 2.27. The van der Waals surface area contributed by atoms with Crippen molar-refractivity contribution in [3.8, 4) is 0 Å². The molecule has 0 spiro atoms. The van der Waals surface area contributed by atoms with Gasteiger partial charge in [-0.15, -0.1) is 11.3 Å². The second-order valence-electron chi connectivity index (χ2n) is 4.37. The standard InChI is InChI=1S/C15H20N2OS/c1-4-18-14(12-8-6-5-7-9-12)15-17-13(10-19-15)11(2)16-3/h5-11,14,16H,4H2,1-3H3. The van der Waals surface area contributed by atoms with Gasteiger partial charge < -0.3 is 10.1 Å². The third-order valence-electron chi connectivity index (χ3n) is 3.08. The Morgan fingerprint density at radius 1 is 1.32 bits per heavy atom. The molecule has 19 heavy (non-hydrogen) atoms. The van der Waals surface area contributed by atoms with Gasteiger partial charge in [-0.05, 0) is 26.5 Å². The van der Waals surface area contributed by atoms with Gasteiger partial charge in [0.25, 0.3) is 0 Å². The largest absolute Gasteiger partial charge is 0.367 e. The van der Waals surface area contributed by atoms with Crippen LogP contribution in [0, 0.1) is 0 Å². The first-order valence-electron chi connectivity index (χ1n) is 6.55. The zero-order valence-electron chi connectivity index (χ0n) is 11.6. The first kappa shape index (κ1) is 14.2. The zero-order chi connectivity index (χ0) is 13.7. The predicted octanol–water partition coefficient (Wildman–Crippen LogP) is 3.55. The van der Waals surface area contributed by atoms with E-state index in [9.17, 15) is 0 Å². The summed E-state index contributed by atoms with van der Waals surface area (Å²) in [7, 11) is 1.95. The Labute approximate surface area is 118 Å². The number of aromatic nitrogens is 1. The molecule has 0 fully saturated rings. The summed E-state index contributed by atoms with van der Waals surface area (Å²) in [5.74, 6) is 0. The number of benzene rings is 1. The average molecular weight is 276 g/mol. The molecule has 0 amide bonds. The molecule has 102 valence electrons. The first-order valence-corrected chi connectivity index (χ1v) is 7.43. The number of nitrogens with zero attached hydrogens (tertiary/aromatic N) is 1. The van der Waals surface area contributed by atoms with Crippen LogP contribution in [0.25, 0.3) is 0 Å². The van der Waals surface area contributed by atoms with Gasteiger partial charge in [0.15, 0.2) is 0 Å². The maximum Gasteiger partial charge on any atom is 0.134 e. The lowest BCUT2D eigenvalue weighted by molar-refractivity contribution is 0.0910. The Kier molecular flexibility index (Phi) is 5.07. The summed E-state index contributed by atoms with van der Waals surface area (Å²) in [5.41, 5.74) is 2.23. The third-order valence-corrected chi connectivity index (χ3v) is 3.98. The molecule has 2 aromatic rings. The fraction of sp³-hybridized carbons (Fsp3) is 0.400. The minimum atomic E-state index is -0.0611. The Bertz CT molecular complexity index is 498. The molecule has 2 unspecified atom stereocenters. The van der Waals surface area contributed by atoms with Crippen LogP contribution in [0.5, 0.6) is 0 Å². The predicted molar refractivity (Wildman–Crippen MR) is 79.5 cm³/mol. The van der Waals surface area contributed by atoms with Gasteiger partial charge in [-0.25, -0.2) is 4.98 Å². The summed E-state index contributed by atoms with van der Waals surface area (Å²) in [6.45, 7) is 4.80. The molecule has 0 bridgehead atoms. The van der Waals surface area contributed by atoms with Crippen molar-refractivity contribution in [2.45, 2.75) is 26.0 Å². The first-order chi connectivity index (χ1) is 9.26. The van der Waals surface area contributed by atoms with Crippen LogP contribution in [0.15, 0.2) is 35.7 Å². The van der Waals surface area contributed by atoms with E-state index in [-0.39, 0.29) is 12.1 Å². The minimum absolute atomic E-state index is 0.0611. The lowest BCUT2D eigenvalue weighted by Crippen LogP contribution is -2.13. The van der Waals surface area contributed by atoms with Gasteiger partial charge in [0.1, 0.15) is 11.1 Å². The second-order valence-corrected chi connectivity index (χ2v) is 5.26. The van der Waals surface area contributed by atoms with E-state index in [1.54, 1.807) is 11.3 Å². The van der Waals surface area contributed by atoms with E-state index in [2.05, 4.69) is 29.8 Å². The van der Waals surface area contributed by atoms with E-state index < -0.39 is 0 Å². The number of rotatable bonds is 6. The number of hydrogen-bond donors (Lipinski definition) is 1. The molecule has 1 aromatic carbocycles. The molecule has 1 heterocycles. The van der Waals surface area contributed by atoms with Crippen molar-refractivity contribution in [2.24, 2.45) is 0 Å². The van der Waals surface area contributed by atoms with Gasteiger partial charge in [0.2, 0.25) is 0 Å². The van der Waals surface area contributed by atoms with Crippen LogP contribution in [0.2, 0.25) is 0 Å². The molecule has 3 nitrogen and oxygen atoms in total. The molecule has 0 aliphatic heterocycles. The van der Waals surface area contributed by atoms with Gasteiger partial charge in [0.05, 0.1) is 5.69 Å². The maximum atomic E-state index is 5.87. The van der Waals surface area contributed by atoms with Crippen molar-refractivity contribution in [3.05, 3.63) is 52.0 Å². The van der Waals surface area contributed by atoms with Crippen molar-refractivity contribution >= 4 is 11.3 Å². The van der Waals surface area contributed by atoms with E-state index in [1.165, 1.54) is 0 Å². The summed E-state index contributed by atoms with van der Waals surface area (Å²) in [4.78, 5) is 4.71. The number of thiazole rings is 1. The summed E-state index contributed by atoms with van der Waals surface area (Å²) in [5, 5.41) is 6.33. The van der Waals surface area contributed by atoms with Gasteiger partial charge in [0, 0.05) is 18.0 Å². The van der Waals surface area contributed by atoms with Crippen LogP contribution < -0.4 is 5.32 Å². The molecule has 0 saturated carbocycles. The fourth-order valence-electron chi connectivity index (χ4n) is 1.87. The zero-order valence-corrected chi connectivity index (χ0v) is 12.4. The van der Waals surface area contributed by atoms with E-state index in [0.717, 1.165) is 16.3 Å². The Morgan fingerprint density at radius 2 is 2.05 bits per heavy atom. The van der Waals surface area contributed by atoms with Crippen LogP contribution in [-0.4, -0.2) is 18.6 Å². The lowest BCUT2D eigenvalue weighted by Gasteiger charge is -2.15. The molecule has 1 aromatic heterocycles. The van der Waals surface area contributed by atoms with Gasteiger partial charge in [-0.3, -0.25) is 0 Å². The smallest absolute Gasteiger partial charge is 0.134 e. The van der Waals surface area contributed by atoms with Crippen molar-refractivity contribution in [1.82, 2.24) is 10.3 Å². The number of nitrogens with one attached hydrogen (secondary N) is 1. The van der Waals surface area contributed by atoms with Crippen molar-refractivity contribution in [3.63, 3.8) is 0 Å². The Morgan fingerprint density at radius 3 is 2.68 bits per heavy atom. The monoisotopic (exact) mass is 276 g/mol. The highest BCUT2D eigenvalue weighted by Gasteiger charge is 2.19. The fourth-order valence-corrected chi connectivity index (χ4v) is 2.86. The summed E-state index contributed by atoms with van der Waals surface area (Å²) in [6, 6.07) is 10.5. The van der Waals surface area contributed by atoms with Crippen LogP contribution in [0.1, 0.15) is 42.3 Å². The van der Waals surface area contributed by atoms with Crippen LogP contribution in [0.4, 0.5) is 0 Å². The molecule has 0 saturated heterocycles. The molecule has 0 radical (unpaired) electrons. The average Bonchev–Trinajstić information content (AvgIpc) is 2.94. The minimum Gasteiger partial charge on any atom is -0.367 e. The third kappa shape index (κ3) is 3.41. The molecule has 0 aliphatic carbocycles. The van der Waals surface area contributed by atoms with Crippen LogP contribution >= 0.6 is 11.3 Å². The van der Waals surface area contributed by atoms with E-state index in [1.807, 2.05) is 32.2 Å².